The van der Waals surface area contributed by atoms with Crippen molar-refractivity contribution in [3.05, 3.63) is 58.4 Å². The normalized spacial score (nSPS) is 17.1. The van der Waals surface area contributed by atoms with Gasteiger partial charge in [0.1, 0.15) is 17.0 Å². The SMILES string of the molecule is COc1cnc(C(F)F)cc1-c1cc(C#CC2(O)CCS(=O)(=O)CC2)ccc1C(=O)Nc1ncc(C#CC2CC2)s1. The number of sulfone groups is 1. The van der Waals surface area contributed by atoms with Crippen molar-refractivity contribution in [2.24, 2.45) is 5.92 Å². The number of carbonyl (C=O) groups excluding carboxylic acids is 1. The summed E-state index contributed by atoms with van der Waals surface area (Å²) in [5, 5.41) is 13.9. The number of methoxy groups -OCH3 is 1. The zero-order valence-electron chi connectivity index (χ0n) is 21.9. The fourth-order valence-corrected chi connectivity index (χ4v) is 6.31. The van der Waals surface area contributed by atoms with E-state index in [9.17, 15) is 27.1 Å². The highest BCUT2D eigenvalue weighted by molar-refractivity contribution is 7.91. The lowest BCUT2D eigenvalue weighted by Crippen LogP contribution is -2.37. The lowest BCUT2D eigenvalue weighted by molar-refractivity contribution is 0.0906. The molecule has 1 aromatic carbocycles. The van der Waals surface area contributed by atoms with Crippen molar-refractivity contribution in [1.29, 1.82) is 0 Å². The third-order valence-corrected chi connectivity index (χ3v) is 9.16. The summed E-state index contributed by atoms with van der Waals surface area (Å²) in [6.07, 6.45) is 2.02. The molecule has 2 aliphatic rings. The maximum atomic E-state index is 13.6. The van der Waals surface area contributed by atoms with Gasteiger partial charge in [-0.3, -0.25) is 15.1 Å². The number of pyridine rings is 1. The minimum absolute atomic E-state index is 0.0214. The number of hydrogen-bond donors (Lipinski definition) is 2. The molecular formula is C29H25F2N3O5S2. The number of nitrogens with zero attached hydrogens (tertiary/aromatic N) is 2. The van der Waals surface area contributed by atoms with Crippen LogP contribution in [0.1, 0.15) is 58.6 Å². The monoisotopic (exact) mass is 597 g/mol. The minimum atomic E-state index is -3.21. The molecule has 1 aliphatic heterocycles. The van der Waals surface area contributed by atoms with Crippen molar-refractivity contribution in [2.45, 2.75) is 37.7 Å². The molecule has 212 valence electrons. The van der Waals surface area contributed by atoms with E-state index in [1.807, 2.05) is 0 Å². The van der Waals surface area contributed by atoms with Gasteiger partial charge in [-0.15, -0.1) is 0 Å². The third kappa shape index (κ3) is 7.09. The van der Waals surface area contributed by atoms with Gasteiger partial charge in [0, 0.05) is 35.4 Å². The summed E-state index contributed by atoms with van der Waals surface area (Å²) in [4.78, 5) is 22.1. The Balaban J connectivity index is 1.51. The van der Waals surface area contributed by atoms with E-state index in [4.69, 9.17) is 4.74 Å². The molecule has 12 heteroatoms. The molecule has 2 fully saturated rings. The van der Waals surface area contributed by atoms with Crippen LogP contribution in [0.25, 0.3) is 11.1 Å². The van der Waals surface area contributed by atoms with Gasteiger partial charge in [-0.2, -0.15) is 0 Å². The van der Waals surface area contributed by atoms with Gasteiger partial charge in [0.15, 0.2) is 15.0 Å². The first-order valence-electron chi connectivity index (χ1n) is 12.8. The van der Waals surface area contributed by atoms with Crippen LogP contribution >= 0.6 is 11.3 Å². The Morgan fingerprint density at radius 3 is 2.59 bits per heavy atom. The van der Waals surface area contributed by atoms with Crippen LogP contribution < -0.4 is 10.1 Å². The first kappa shape index (κ1) is 28.7. The van der Waals surface area contributed by atoms with Crippen molar-refractivity contribution in [1.82, 2.24) is 9.97 Å². The molecule has 41 heavy (non-hydrogen) atoms. The van der Waals surface area contributed by atoms with E-state index < -0.39 is 33.5 Å². The van der Waals surface area contributed by atoms with E-state index in [0.717, 1.165) is 25.1 Å². The average Bonchev–Trinajstić information content (AvgIpc) is 3.69. The van der Waals surface area contributed by atoms with E-state index in [1.54, 1.807) is 12.3 Å². The molecule has 2 aromatic heterocycles. The Morgan fingerprint density at radius 1 is 1.15 bits per heavy atom. The van der Waals surface area contributed by atoms with Gasteiger partial charge in [-0.1, -0.05) is 35.0 Å². The zero-order valence-corrected chi connectivity index (χ0v) is 23.5. The van der Waals surface area contributed by atoms with Crippen molar-refractivity contribution in [3.8, 4) is 40.6 Å². The number of alkyl halides is 2. The molecule has 0 atom stereocenters. The molecule has 5 rings (SSSR count). The number of anilines is 1. The number of ether oxygens (including phenoxy) is 1. The Bertz CT molecular complexity index is 1710. The predicted molar refractivity (Wildman–Crippen MR) is 151 cm³/mol. The quantitative estimate of drug-likeness (QED) is 0.417. The first-order chi connectivity index (χ1) is 19.5. The van der Waals surface area contributed by atoms with E-state index in [-0.39, 0.29) is 46.8 Å². The Hall–Kier alpha value is -3.84. The van der Waals surface area contributed by atoms with Crippen molar-refractivity contribution >= 4 is 32.2 Å². The van der Waals surface area contributed by atoms with Crippen LogP contribution in [-0.2, 0) is 9.84 Å². The smallest absolute Gasteiger partial charge is 0.280 e. The largest absolute Gasteiger partial charge is 0.494 e. The summed E-state index contributed by atoms with van der Waals surface area (Å²) < 4.78 is 56.1. The van der Waals surface area contributed by atoms with E-state index in [2.05, 4.69) is 39.0 Å². The molecule has 0 unspecified atom stereocenters. The summed E-state index contributed by atoms with van der Waals surface area (Å²) in [7, 11) is -1.85. The van der Waals surface area contributed by atoms with E-state index in [0.29, 0.717) is 21.5 Å². The van der Waals surface area contributed by atoms with Gasteiger partial charge in [0.05, 0.1) is 35.9 Å². The minimum Gasteiger partial charge on any atom is -0.494 e. The fraction of sp³-hybridized carbons (Fsp3) is 0.345. The summed E-state index contributed by atoms with van der Waals surface area (Å²) in [6, 6.07) is 5.74. The van der Waals surface area contributed by atoms with Gasteiger partial charge in [-0.25, -0.2) is 22.2 Å². The molecule has 1 saturated heterocycles. The predicted octanol–water partition coefficient (Wildman–Crippen LogP) is 4.46. The number of thiazole rings is 1. The van der Waals surface area contributed by atoms with Crippen molar-refractivity contribution in [2.75, 3.05) is 23.9 Å². The summed E-state index contributed by atoms with van der Waals surface area (Å²) in [5.41, 5.74) is -1.02. The highest BCUT2D eigenvalue weighted by Gasteiger charge is 2.34. The number of aliphatic hydroxyl groups is 1. The molecular weight excluding hydrogens is 572 g/mol. The molecule has 0 radical (unpaired) electrons. The summed E-state index contributed by atoms with van der Waals surface area (Å²) in [5.74, 6) is 11.5. The van der Waals surface area contributed by atoms with Crippen LogP contribution in [0, 0.1) is 29.6 Å². The fourth-order valence-electron chi connectivity index (χ4n) is 4.14. The van der Waals surface area contributed by atoms with Crippen LogP contribution in [0.4, 0.5) is 13.9 Å². The molecule has 3 heterocycles. The second-order valence-corrected chi connectivity index (χ2v) is 13.2. The lowest BCUT2D eigenvalue weighted by Gasteiger charge is -2.26. The molecule has 8 nitrogen and oxygen atoms in total. The van der Waals surface area contributed by atoms with Crippen LogP contribution in [-0.4, -0.2) is 53.6 Å². The number of amides is 1. The van der Waals surface area contributed by atoms with Gasteiger partial charge < -0.3 is 9.84 Å². The van der Waals surface area contributed by atoms with E-state index in [1.165, 1.54) is 30.6 Å². The topological polar surface area (TPSA) is 118 Å². The maximum Gasteiger partial charge on any atom is 0.280 e. The third-order valence-electron chi connectivity index (χ3n) is 6.68. The summed E-state index contributed by atoms with van der Waals surface area (Å²) in [6.45, 7) is 0. The number of aromatic nitrogens is 2. The Labute approximate surface area is 240 Å². The Morgan fingerprint density at radius 2 is 1.90 bits per heavy atom. The molecule has 1 amide bonds. The van der Waals surface area contributed by atoms with Crippen LogP contribution in [0.5, 0.6) is 5.75 Å². The number of carbonyl (C=O) groups is 1. The molecule has 3 aromatic rings. The molecule has 0 bridgehead atoms. The standard InChI is InChI=1S/C29H25F2N3O5S2/c1-39-25-17-32-24(26(30)31)15-23(25)22-14-19(8-9-29(36)10-12-41(37,38)13-11-29)5-7-21(22)27(35)34-28-33-16-20(40-28)6-4-18-2-3-18/h5,7,14-18,26,36H,2-3,10-13H2,1H3,(H,33,34,35). The summed E-state index contributed by atoms with van der Waals surface area (Å²) >= 11 is 1.22. The molecule has 1 saturated carbocycles. The van der Waals surface area contributed by atoms with Crippen LogP contribution in [0.3, 0.4) is 0 Å². The molecule has 2 N–H and O–H groups in total. The number of nitrogens with one attached hydrogen (secondary N) is 1. The Kier molecular flexibility index (Phi) is 8.09. The van der Waals surface area contributed by atoms with Gasteiger partial charge in [-0.05, 0) is 42.7 Å². The highest BCUT2D eigenvalue weighted by Crippen LogP contribution is 2.36. The molecule has 1 aliphatic carbocycles. The van der Waals surface area contributed by atoms with Crippen molar-refractivity contribution in [3.63, 3.8) is 0 Å². The number of rotatable bonds is 5. The van der Waals surface area contributed by atoms with Crippen LogP contribution in [0.2, 0.25) is 0 Å². The van der Waals surface area contributed by atoms with Gasteiger partial charge in [0.25, 0.3) is 12.3 Å². The van der Waals surface area contributed by atoms with Crippen LogP contribution in [0.15, 0.2) is 36.7 Å². The zero-order chi connectivity index (χ0) is 29.2. The highest BCUT2D eigenvalue weighted by atomic mass is 32.2. The number of halogens is 2. The van der Waals surface area contributed by atoms with E-state index >= 15 is 0 Å². The molecule has 0 spiro atoms. The van der Waals surface area contributed by atoms with Gasteiger partial charge in [0.2, 0.25) is 0 Å². The van der Waals surface area contributed by atoms with Crippen molar-refractivity contribution < 1.29 is 31.8 Å². The first-order valence-corrected chi connectivity index (χ1v) is 15.4. The second kappa shape index (κ2) is 11.6. The maximum absolute atomic E-state index is 13.6. The second-order valence-electron chi connectivity index (χ2n) is 9.83. The lowest BCUT2D eigenvalue weighted by atomic mass is 9.94. The van der Waals surface area contributed by atoms with Gasteiger partial charge >= 0.3 is 0 Å². The number of benzene rings is 1. The number of hydrogen-bond acceptors (Lipinski definition) is 8. The average molecular weight is 598 g/mol.